The van der Waals surface area contributed by atoms with Crippen molar-refractivity contribution in [3.63, 3.8) is 0 Å². The minimum atomic E-state index is 0.0897. The number of pyridine rings is 2. The maximum atomic E-state index is 12.0. The maximum absolute atomic E-state index is 12.0. The summed E-state index contributed by atoms with van der Waals surface area (Å²) in [7, 11) is 0. The zero-order valence-electron chi connectivity index (χ0n) is 11.6. The van der Waals surface area contributed by atoms with Crippen molar-refractivity contribution >= 4 is 34.4 Å². The van der Waals surface area contributed by atoms with Crippen molar-refractivity contribution in [3.05, 3.63) is 29.5 Å². The molecule has 0 N–H and O–H groups in total. The van der Waals surface area contributed by atoms with Crippen LogP contribution in [-0.4, -0.2) is 28.3 Å². The van der Waals surface area contributed by atoms with Crippen LogP contribution in [0.25, 0.3) is 11.0 Å². The fraction of sp³-hybridized carbons (Fsp3) is 0.400. The molecule has 0 aromatic carbocycles. The number of carbonyl (C=O) groups is 1. The molecule has 1 aliphatic rings. The second-order valence-electron chi connectivity index (χ2n) is 5.35. The van der Waals surface area contributed by atoms with Gasteiger partial charge in [0.25, 0.3) is 0 Å². The normalized spacial score (nSPS) is 19.1. The molecule has 3 heterocycles. The second-order valence-corrected chi connectivity index (χ2v) is 5.66. The van der Waals surface area contributed by atoms with E-state index in [1.165, 1.54) is 0 Å². The van der Waals surface area contributed by atoms with Gasteiger partial charge in [0.1, 0.15) is 5.82 Å². The van der Waals surface area contributed by atoms with Gasteiger partial charge in [-0.05, 0) is 43.5 Å². The van der Waals surface area contributed by atoms with Crippen molar-refractivity contribution < 1.29 is 4.79 Å². The molecule has 1 unspecified atom stereocenters. The lowest BCUT2D eigenvalue weighted by Gasteiger charge is -2.16. The smallest absolute Gasteiger partial charge is 0.228 e. The molecular formula is C15H16ClN3O. The summed E-state index contributed by atoms with van der Waals surface area (Å²) in [5.74, 6) is 1.49. The van der Waals surface area contributed by atoms with Gasteiger partial charge in [-0.25, -0.2) is 9.97 Å². The maximum Gasteiger partial charge on any atom is 0.228 e. The third-order valence-corrected chi connectivity index (χ3v) is 4.13. The molecule has 1 fully saturated rings. The lowest BCUT2D eigenvalue weighted by molar-refractivity contribution is -0.117. The first-order valence-corrected chi connectivity index (χ1v) is 7.23. The number of aryl methyl sites for hydroxylation is 2. The molecule has 4 nitrogen and oxygen atoms in total. The Morgan fingerprint density at radius 1 is 1.35 bits per heavy atom. The van der Waals surface area contributed by atoms with Crippen LogP contribution in [0.15, 0.2) is 18.2 Å². The van der Waals surface area contributed by atoms with Crippen LogP contribution in [0, 0.1) is 19.8 Å². The molecule has 0 bridgehead atoms. The number of carbonyl (C=O) groups excluding carboxylic acids is 1. The fourth-order valence-electron chi connectivity index (χ4n) is 2.68. The van der Waals surface area contributed by atoms with Gasteiger partial charge in [-0.2, -0.15) is 0 Å². The Morgan fingerprint density at radius 3 is 2.85 bits per heavy atom. The fourth-order valence-corrected chi connectivity index (χ4v) is 2.89. The van der Waals surface area contributed by atoms with Gasteiger partial charge in [-0.3, -0.25) is 9.69 Å². The molecule has 2 aromatic rings. The van der Waals surface area contributed by atoms with E-state index < -0.39 is 0 Å². The molecule has 0 aliphatic carbocycles. The van der Waals surface area contributed by atoms with E-state index in [-0.39, 0.29) is 11.8 Å². The standard InChI is InChI=1S/C15H16ClN3O/c1-9-5-10(2)17-15-12(9)3-4-13(18-15)19-8-11(7-16)6-14(19)20/h3-5,11H,6-8H2,1-2H3. The summed E-state index contributed by atoms with van der Waals surface area (Å²) in [6, 6.07) is 5.91. The summed E-state index contributed by atoms with van der Waals surface area (Å²) in [6.07, 6.45) is 0.503. The van der Waals surface area contributed by atoms with Gasteiger partial charge < -0.3 is 0 Å². The lowest BCUT2D eigenvalue weighted by atomic mass is 10.1. The first-order chi connectivity index (χ1) is 9.58. The first-order valence-electron chi connectivity index (χ1n) is 6.70. The van der Waals surface area contributed by atoms with Gasteiger partial charge in [0, 0.05) is 29.9 Å². The largest absolute Gasteiger partial charge is 0.296 e. The van der Waals surface area contributed by atoms with Gasteiger partial charge in [0.15, 0.2) is 5.65 Å². The van der Waals surface area contributed by atoms with E-state index in [0.29, 0.717) is 30.3 Å². The molecule has 3 rings (SSSR count). The van der Waals surface area contributed by atoms with Crippen molar-refractivity contribution in [2.75, 3.05) is 17.3 Å². The van der Waals surface area contributed by atoms with E-state index >= 15 is 0 Å². The predicted octanol–water partition coefficient (Wildman–Crippen LogP) is 2.84. The van der Waals surface area contributed by atoms with Crippen LogP contribution in [0.3, 0.4) is 0 Å². The third kappa shape index (κ3) is 2.24. The number of hydrogen-bond acceptors (Lipinski definition) is 3. The lowest BCUT2D eigenvalue weighted by Crippen LogP contribution is -2.25. The molecule has 104 valence electrons. The SMILES string of the molecule is Cc1cc(C)c2ccc(N3CC(CCl)CC3=O)nc2n1. The molecule has 0 radical (unpaired) electrons. The number of fused-ring (bicyclic) bond motifs is 1. The van der Waals surface area contributed by atoms with E-state index in [9.17, 15) is 4.79 Å². The Hall–Kier alpha value is -1.68. The summed E-state index contributed by atoms with van der Waals surface area (Å²) < 4.78 is 0. The number of nitrogens with zero attached hydrogens (tertiary/aromatic N) is 3. The van der Waals surface area contributed by atoms with Gasteiger partial charge in [-0.15, -0.1) is 11.6 Å². The first kappa shape index (κ1) is 13.3. The van der Waals surface area contributed by atoms with E-state index in [2.05, 4.69) is 9.97 Å². The number of halogens is 1. The topological polar surface area (TPSA) is 46.1 Å². The van der Waals surface area contributed by atoms with Crippen LogP contribution in [0.4, 0.5) is 5.82 Å². The summed E-state index contributed by atoms with van der Waals surface area (Å²) >= 11 is 5.85. The summed E-state index contributed by atoms with van der Waals surface area (Å²) in [5, 5.41) is 1.03. The van der Waals surface area contributed by atoms with Crippen molar-refractivity contribution in [2.45, 2.75) is 20.3 Å². The van der Waals surface area contributed by atoms with Crippen LogP contribution in [0.5, 0.6) is 0 Å². The minimum Gasteiger partial charge on any atom is -0.296 e. The van der Waals surface area contributed by atoms with Crippen LogP contribution in [0.1, 0.15) is 17.7 Å². The highest BCUT2D eigenvalue weighted by Crippen LogP contribution is 2.26. The zero-order chi connectivity index (χ0) is 14.3. The third-order valence-electron chi connectivity index (χ3n) is 3.69. The van der Waals surface area contributed by atoms with E-state index in [4.69, 9.17) is 11.6 Å². The molecule has 20 heavy (non-hydrogen) atoms. The van der Waals surface area contributed by atoms with Crippen LogP contribution >= 0.6 is 11.6 Å². The highest BCUT2D eigenvalue weighted by molar-refractivity contribution is 6.18. The van der Waals surface area contributed by atoms with Gasteiger partial charge in [-0.1, -0.05) is 0 Å². The van der Waals surface area contributed by atoms with Gasteiger partial charge in [0.05, 0.1) is 0 Å². The van der Waals surface area contributed by atoms with Crippen molar-refractivity contribution in [1.82, 2.24) is 9.97 Å². The number of aromatic nitrogens is 2. The summed E-state index contributed by atoms with van der Waals surface area (Å²) in [4.78, 5) is 22.7. The van der Waals surface area contributed by atoms with Gasteiger partial charge >= 0.3 is 0 Å². The van der Waals surface area contributed by atoms with Crippen LogP contribution in [-0.2, 0) is 4.79 Å². The Morgan fingerprint density at radius 2 is 2.15 bits per heavy atom. The van der Waals surface area contributed by atoms with Crippen molar-refractivity contribution in [3.8, 4) is 0 Å². The Balaban J connectivity index is 2.03. The summed E-state index contributed by atoms with van der Waals surface area (Å²) in [5.41, 5.74) is 2.78. The molecule has 1 amide bonds. The summed E-state index contributed by atoms with van der Waals surface area (Å²) in [6.45, 7) is 4.64. The molecule has 0 saturated carbocycles. The van der Waals surface area contributed by atoms with Crippen LogP contribution in [0.2, 0.25) is 0 Å². The molecule has 0 spiro atoms. The van der Waals surface area contributed by atoms with Crippen molar-refractivity contribution in [1.29, 1.82) is 0 Å². The molecule has 1 aliphatic heterocycles. The van der Waals surface area contributed by atoms with E-state index in [1.807, 2.05) is 32.0 Å². The predicted molar refractivity (Wildman–Crippen MR) is 80.2 cm³/mol. The van der Waals surface area contributed by atoms with Gasteiger partial charge in [0.2, 0.25) is 5.91 Å². The second kappa shape index (κ2) is 5.02. The van der Waals surface area contributed by atoms with Crippen LogP contribution < -0.4 is 4.90 Å². The monoisotopic (exact) mass is 289 g/mol. The number of anilines is 1. The van der Waals surface area contributed by atoms with E-state index in [1.54, 1.807) is 4.90 Å². The zero-order valence-corrected chi connectivity index (χ0v) is 12.3. The average Bonchev–Trinajstić information content (AvgIpc) is 2.79. The molecule has 1 saturated heterocycles. The Bertz CT molecular complexity index is 686. The Labute approximate surface area is 122 Å². The highest BCUT2D eigenvalue weighted by Gasteiger charge is 2.30. The minimum absolute atomic E-state index is 0.0897. The Kier molecular flexibility index (Phi) is 3.34. The molecular weight excluding hydrogens is 274 g/mol. The highest BCUT2D eigenvalue weighted by atomic mass is 35.5. The molecule has 1 atom stereocenters. The molecule has 2 aromatic heterocycles. The van der Waals surface area contributed by atoms with Crippen molar-refractivity contribution in [2.24, 2.45) is 5.92 Å². The molecule has 5 heteroatoms. The quantitative estimate of drug-likeness (QED) is 0.799. The number of amides is 1. The number of rotatable bonds is 2. The number of hydrogen-bond donors (Lipinski definition) is 0. The number of alkyl halides is 1. The van der Waals surface area contributed by atoms with E-state index in [0.717, 1.165) is 16.6 Å². The average molecular weight is 290 g/mol.